The van der Waals surface area contributed by atoms with E-state index in [-0.39, 0.29) is 5.91 Å². The Hall–Kier alpha value is -1.03. The summed E-state index contributed by atoms with van der Waals surface area (Å²) >= 11 is 3.28. The molecule has 1 aromatic carbocycles. The number of halogens is 1. The highest BCUT2D eigenvalue weighted by molar-refractivity contribution is 9.10. The molecule has 1 saturated heterocycles. The van der Waals surface area contributed by atoms with Crippen LogP contribution in [0, 0.1) is 5.92 Å². The van der Waals surface area contributed by atoms with Gasteiger partial charge in [0.15, 0.2) is 0 Å². The Labute approximate surface area is 116 Å². The van der Waals surface area contributed by atoms with Gasteiger partial charge in [0.1, 0.15) is 5.75 Å². The lowest BCUT2D eigenvalue weighted by Gasteiger charge is -2.31. The van der Waals surface area contributed by atoms with Crippen LogP contribution >= 0.6 is 15.9 Å². The highest BCUT2D eigenvalue weighted by atomic mass is 79.9. The Bertz CT molecular complexity index is 439. The molecule has 2 rings (SSSR count). The molecule has 1 amide bonds. The third-order valence-corrected chi connectivity index (χ3v) is 4.27. The van der Waals surface area contributed by atoms with Crippen molar-refractivity contribution < 1.29 is 9.90 Å². The molecule has 4 heteroatoms. The minimum absolute atomic E-state index is 0.176. The molecule has 98 valence electrons. The Morgan fingerprint density at radius 2 is 2.11 bits per heavy atom. The summed E-state index contributed by atoms with van der Waals surface area (Å²) in [5, 5.41) is 9.64. The lowest BCUT2D eigenvalue weighted by molar-refractivity contribution is -0.130. The van der Waals surface area contributed by atoms with Gasteiger partial charge in [-0.3, -0.25) is 4.79 Å². The number of likely N-dealkylation sites (tertiary alicyclic amines) is 1. The Kier molecular flexibility index (Phi) is 4.27. The SMILES string of the molecule is CC(=O)N1CCC(Cc2ccc(Br)c(O)c2)CC1. The Morgan fingerprint density at radius 1 is 1.44 bits per heavy atom. The van der Waals surface area contributed by atoms with Gasteiger partial charge in [-0.25, -0.2) is 0 Å². The summed E-state index contributed by atoms with van der Waals surface area (Å²) in [5.41, 5.74) is 1.16. The number of phenols is 1. The maximum Gasteiger partial charge on any atom is 0.219 e. The molecule has 0 spiro atoms. The van der Waals surface area contributed by atoms with Crippen molar-refractivity contribution in [2.24, 2.45) is 5.92 Å². The van der Waals surface area contributed by atoms with Crippen LogP contribution in [0.25, 0.3) is 0 Å². The van der Waals surface area contributed by atoms with E-state index < -0.39 is 0 Å². The predicted molar refractivity (Wildman–Crippen MR) is 74.5 cm³/mol. The molecule has 3 nitrogen and oxygen atoms in total. The molecule has 0 radical (unpaired) electrons. The number of carbonyl (C=O) groups is 1. The number of piperidine rings is 1. The van der Waals surface area contributed by atoms with Gasteiger partial charge >= 0.3 is 0 Å². The van der Waals surface area contributed by atoms with Gasteiger partial charge in [-0.1, -0.05) is 6.07 Å². The van der Waals surface area contributed by atoms with E-state index in [4.69, 9.17) is 0 Å². The molecule has 1 aromatic rings. The number of benzene rings is 1. The monoisotopic (exact) mass is 311 g/mol. The summed E-state index contributed by atoms with van der Waals surface area (Å²) in [4.78, 5) is 13.1. The van der Waals surface area contributed by atoms with E-state index in [1.165, 1.54) is 0 Å². The van der Waals surface area contributed by atoms with E-state index in [1.807, 2.05) is 23.1 Å². The highest BCUT2D eigenvalue weighted by Gasteiger charge is 2.20. The maximum atomic E-state index is 11.2. The lowest BCUT2D eigenvalue weighted by atomic mass is 9.90. The predicted octanol–water partition coefficient (Wildman–Crippen LogP) is 2.96. The molecular formula is C14H18BrNO2. The van der Waals surface area contributed by atoms with Gasteiger partial charge in [-0.05, 0) is 58.8 Å². The van der Waals surface area contributed by atoms with Gasteiger partial charge in [0.25, 0.3) is 0 Å². The van der Waals surface area contributed by atoms with E-state index in [9.17, 15) is 9.90 Å². The smallest absolute Gasteiger partial charge is 0.219 e. The maximum absolute atomic E-state index is 11.2. The van der Waals surface area contributed by atoms with Crippen molar-refractivity contribution in [2.75, 3.05) is 13.1 Å². The molecule has 1 N–H and O–H groups in total. The molecule has 0 bridgehead atoms. The second kappa shape index (κ2) is 5.74. The van der Waals surface area contributed by atoms with Gasteiger partial charge in [-0.2, -0.15) is 0 Å². The zero-order chi connectivity index (χ0) is 13.1. The van der Waals surface area contributed by atoms with Crippen LogP contribution in [-0.2, 0) is 11.2 Å². The molecule has 1 aliphatic heterocycles. The fourth-order valence-electron chi connectivity index (χ4n) is 2.47. The minimum Gasteiger partial charge on any atom is -0.507 e. The number of hydrogen-bond acceptors (Lipinski definition) is 2. The van der Waals surface area contributed by atoms with Crippen LogP contribution in [0.2, 0.25) is 0 Å². The van der Waals surface area contributed by atoms with Crippen LogP contribution in [0.5, 0.6) is 5.75 Å². The average molecular weight is 312 g/mol. The summed E-state index contributed by atoms with van der Waals surface area (Å²) in [7, 11) is 0. The Morgan fingerprint density at radius 3 is 2.67 bits per heavy atom. The Balaban J connectivity index is 1.91. The fourth-order valence-corrected chi connectivity index (χ4v) is 2.72. The summed E-state index contributed by atoms with van der Waals surface area (Å²) < 4.78 is 0.734. The first-order valence-electron chi connectivity index (χ1n) is 6.29. The number of amides is 1. The molecule has 0 aliphatic carbocycles. The van der Waals surface area contributed by atoms with Crippen LogP contribution in [-0.4, -0.2) is 29.0 Å². The number of nitrogens with zero attached hydrogens (tertiary/aromatic N) is 1. The second-order valence-electron chi connectivity index (χ2n) is 4.94. The van der Waals surface area contributed by atoms with Crippen molar-refractivity contribution in [3.05, 3.63) is 28.2 Å². The number of hydrogen-bond donors (Lipinski definition) is 1. The lowest BCUT2D eigenvalue weighted by Crippen LogP contribution is -2.37. The van der Waals surface area contributed by atoms with Crippen molar-refractivity contribution in [3.63, 3.8) is 0 Å². The fraction of sp³-hybridized carbons (Fsp3) is 0.500. The molecule has 1 aliphatic rings. The van der Waals surface area contributed by atoms with Gasteiger partial charge in [0, 0.05) is 20.0 Å². The molecule has 0 saturated carbocycles. The number of phenolic OH excluding ortho intramolecular Hbond substituents is 1. The average Bonchev–Trinajstić information content (AvgIpc) is 2.34. The quantitative estimate of drug-likeness (QED) is 0.912. The second-order valence-corrected chi connectivity index (χ2v) is 5.79. The summed E-state index contributed by atoms with van der Waals surface area (Å²) in [6.45, 7) is 3.36. The van der Waals surface area contributed by atoms with Crippen molar-refractivity contribution in [1.82, 2.24) is 4.90 Å². The molecule has 1 heterocycles. The number of carbonyl (C=O) groups excluding carboxylic acids is 1. The molecule has 1 fully saturated rings. The number of rotatable bonds is 2. The molecular weight excluding hydrogens is 294 g/mol. The van der Waals surface area contributed by atoms with E-state index in [0.717, 1.165) is 42.4 Å². The van der Waals surface area contributed by atoms with Crippen LogP contribution in [0.1, 0.15) is 25.3 Å². The topological polar surface area (TPSA) is 40.5 Å². The zero-order valence-corrected chi connectivity index (χ0v) is 12.1. The summed E-state index contributed by atoms with van der Waals surface area (Å²) in [6.07, 6.45) is 3.08. The summed E-state index contributed by atoms with van der Waals surface area (Å²) in [5.74, 6) is 1.09. The molecule has 0 aromatic heterocycles. The first kappa shape index (κ1) is 13.4. The van der Waals surface area contributed by atoms with Crippen molar-refractivity contribution in [2.45, 2.75) is 26.2 Å². The molecule has 0 atom stereocenters. The number of aromatic hydroxyl groups is 1. The van der Waals surface area contributed by atoms with Crippen LogP contribution in [0.3, 0.4) is 0 Å². The normalized spacial score (nSPS) is 16.9. The van der Waals surface area contributed by atoms with E-state index >= 15 is 0 Å². The van der Waals surface area contributed by atoms with Crippen molar-refractivity contribution in [3.8, 4) is 5.75 Å². The highest BCUT2D eigenvalue weighted by Crippen LogP contribution is 2.27. The van der Waals surface area contributed by atoms with Gasteiger partial charge in [0.05, 0.1) is 4.47 Å². The third kappa shape index (κ3) is 3.25. The standard InChI is InChI=1S/C14H18BrNO2/c1-10(17)16-6-4-11(5-7-16)8-12-2-3-13(15)14(18)9-12/h2-3,9,11,18H,4-8H2,1H3. The van der Waals surface area contributed by atoms with Gasteiger partial charge in [-0.15, -0.1) is 0 Å². The van der Waals surface area contributed by atoms with Gasteiger partial charge < -0.3 is 10.0 Å². The first-order valence-corrected chi connectivity index (χ1v) is 7.08. The zero-order valence-electron chi connectivity index (χ0n) is 10.5. The van der Waals surface area contributed by atoms with Crippen LogP contribution in [0.4, 0.5) is 0 Å². The minimum atomic E-state index is 0.176. The molecule has 18 heavy (non-hydrogen) atoms. The van der Waals surface area contributed by atoms with Gasteiger partial charge in [0.2, 0.25) is 5.91 Å². The molecule has 0 unspecified atom stereocenters. The first-order chi connectivity index (χ1) is 8.56. The third-order valence-electron chi connectivity index (χ3n) is 3.59. The van der Waals surface area contributed by atoms with E-state index in [0.29, 0.717) is 11.7 Å². The van der Waals surface area contributed by atoms with Crippen molar-refractivity contribution in [1.29, 1.82) is 0 Å². The van der Waals surface area contributed by atoms with Crippen molar-refractivity contribution >= 4 is 21.8 Å². The van der Waals surface area contributed by atoms with E-state index in [1.54, 1.807) is 6.92 Å². The van der Waals surface area contributed by atoms with Crippen LogP contribution in [0.15, 0.2) is 22.7 Å². The van der Waals surface area contributed by atoms with Crippen LogP contribution < -0.4 is 0 Å². The largest absolute Gasteiger partial charge is 0.507 e. The summed E-state index contributed by atoms with van der Waals surface area (Å²) in [6, 6.07) is 5.75. The van der Waals surface area contributed by atoms with E-state index in [2.05, 4.69) is 15.9 Å².